The van der Waals surface area contributed by atoms with Gasteiger partial charge in [-0.25, -0.2) is 0 Å². The van der Waals surface area contributed by atoms with Gasteiger partial charge >= 0.3 is 0 Å². The average Bonchev–Trinajstić information content (AvgIpc) is 2.53. The first-order valence-corrected chi connectivity index (χ1v) is 4.54. The summed E-state index contributed by atoms with van der Waals surface area (Å²) in [6, 6.07) is 5.88. The van der Waals surface area contributed by atoms with Crippen LogP contribution in [0.5, 0.6) is 0 Å². The van der Waals surface area contributed by atoms with Crippen LogP contribution in [0.15, 0.2) is 24.4 Å². The van der Waals surface area contributed by atoms with Crippen molar-refractivity contribution >= 4 is 34.1 Å². The Morgan fingerprint density at radius 2 is 2.08 bits per heavy atom. The quantitative estimate of drug-likeness (QED) is 0.677. The summed E-state index contributed by atoms with van der Waals surface area (Å²) < 4.78 is 0. The molecule has 1 aromatic carbocycles. The molecule has 0 saturated heterocycles. The summed E-state index contributed by atoms with van der Waals surface area (Å²) >= 11 is 11.8. The van der Waals surface area contributed by atoms with Gasteiger partial charge in [-0.2, -0.15) is 0 Å². The molecule has 2 rings (SSSR count). The van der Waals surface area contributed by atoms with Crippen LogP contribution in [0.3, 0.4) is 0 Å². The van der Waals surface area contributed by atoms with Crippen LogP contribution >= 0.6 is 23.2 Å². The molecule has 3 heteroatoms. The Kier molecular flexibility index (Phi) is 1.99. The smallest absolute Gasteiger partial charge is 0.0543 e. The first-order chi connectivity index (χ1) is 5.83. The summed E-state index contributed by atoms with van der Waals surface area (Å²) in [5.74, 6) is 0.458. The molecule has 0 radical (unpaired) electrons. The molecular weight excluding hydrogens is 193 g/mol. The van der Waals surface area contributed by atoms with E-state index in [1.54, 1.807) is 0 Å². The number of rotatable bonds is 1. The lowest BCUT2D eigenvalue weighted by molar-refractivity contribution is 1.41. The molecule has 0 amide bonds. The molecular formula is C9H7Cl2N. The average molecular weight is 200 g/mol. The van der Waals surface area contributed by atoms with Crippen LogP contribution in [0, 0.1) is 0 Å². The fourth-order valence-electron chi connectivity index (χ4n) is 1.24. The molecule has 0 aliphatic heterocycles. The van der Waals surface area contributed by atoms with E-state index in [1.807, 2.05) is 24.4 Å². The van der Waals surface area contributed by atoms with Gasteiger partial charge < -0.3 is 4.98 Å². The van der Waals surface area contributed by atoms with Crippen molar-refractivity contribution in [3.8, 4) is 0 Å². The number of benzene rings is 1. The number of aromatic nitrogens is 1. The molecule has 1 nitrogen and oxygen atoms in total. The SMILES string of the molecule is ClCc1ccc2[nH]ccc2c1Cl. The van der Waals surface area contributed by atoms with Crippen molar-refractivity contribution in [1.82, 2.24) is 4.98 Å². The molecule has 1 aromatic heterocycles. The minimum atomic E-state index is 0.458. The number of hydrogen-bond donors (Lipinski definition) is 1. The van der Waals surface area contributed by atoms with Crippen molar-refractivity contribution in [1.29, 1.82) is 0 Å². The number of halogens is 2. The van der Waals surface area contributed by atoms with Gasteiger partial charge in [-0.15, -0.1) is 11.6 Å². The van der Waals surface area contributed by atoms with Crippen molar-refractivity contribution in [3.05, 3.63) is 35.0 Å². The van der Waals surface area contributed by atoms with E-state index in [9.17, 15) is 0 Å². The summed E-state index contributed by atoms with van der Waals surface area (Å²) in [6.07, 6.45) is 1.87. The van der Waals surface area contributed by atoms with Crippen molar-refractivity contribution in [2.45, 2.75) is 5.88 Å². The maximum absolute atomic E-state index is 6.08. The summed E-state index contributed by atoms with van der Waals surface area (Å²) in [4.78, 5) is 3.08. The zero-order chi connectivity index (χ0) is 8.55. The molecule has 0 unspecified atom stereocenters. The van der Waals surface area contributed by atoms with E-state index in [4.69, 9.17) is 23.2 Å². The third kappa shape index (κ3) is 1.10. The molecule has 0 atom stereocenters. The molecule has 62 valence electrons. The fraction of sp³-hybridized carbons (Fsp3) is 0.111. The highest BCUT2D eigenvalue weighted by atomic mass is 35.5. The summed E-state index contributed by atoms with van der Waals surface area (Å²) in [7, 11) is 0. The van der Waals surface area contributed by atoms with E-state index in [0.29, 0.717) is 5.88 Å². The van der Waals surface area contributed by atoms with Crippen LogP contribution in [-0.2, 0) is 5.88 Å². The van der Waals surface area contributed by atoms with Crippen LogP contribution in [0.4, 0.5) is 0 Å². The Labute approximate surface area is 80.3 Å². The second-order valence-electron chi connectivity index (χ2n) is 2.61. The molecule has 1 heterocycles. The summed E-state index contributed by atoms with van der Waals surface area (Å²) in [6.45, 7) is 0. The predicted octanol–water partition coefficient (Wildman–Crippen LogP) is 3.56. The van der Waals surface area contributed by atoms with E-state index in [1.165, 1.54) is 0 Å². The lowest BCUT2D eigenvalue weighted by Crippen LogP contribution is -1.79. The number of H-pyrrole nitrogens is 1. The van der Waals surface area contributed by atoms with Crippen molar-refractivity contribution in [2.75, 3.05) is 0 Å². The number of hydrogen-bond acceptors (Lipinski definition) is 0. The van der Waals surface area contributed by atoms with Gasteiger partial charge in [-0.3, -0.25) is 0 Å². The van der Waals surface area contributed by atoms with Crippen molar-refractivity contribution in [2.24, 2.45) is 0 Å². The number of fused-ring (bicyclic) bond motifs is 1. The molecule has 0 fully saturated rings. The third-order valence-corrected chi connectivity index (χ3v) is 2.63. The highest BCUT2D eigenvalue weighted by Crippen LogP contribution is 2.27. The molecule has 0 bridgehead atoms. The molecule has 2 aromatic rings. The minimum Gasteiger partial charge on any atom is -0.361 e. The standard InChI is InChI=1S/C9H7Cl2N/c10-5-6-1-2-8-7(9(6)11)3-4-12-8/h1-4,12H,5H2. The van der Waals surface area contributed by atoms with E-state index in [-0.39, 0.29) is 0 Å². The van der Waals surface area contributed by atoms with Crippen LogP contribution in [0.2, 0.25) is 5.02 Å². The van der Waals surface area contributed by atoms with E-state index < -0.39 is 0 Å². The van der Waals surface area contributed by atoms with Gasteiger partial charge in [0.25, 0.3) is 0 Å². The number of nitrogens with one attached hydrogen (secondary N) is 1. The van der Waals surface area contributed by atoms with Crippen molar-refractivity contribution in [3.63, 3.8) is 0 Å². The summed E-state index contributed by atoms with van der Waals surface area (Å²) in [5, 5.41) is 1.79. The van der Waals surface area contributed by atoms with Gasteiger partial charge in [0.2, 0.25) is 0 Å². The lowest BCUT2D eigenvalue weighted by atomic mass is 10.2. The first kappa shape index (κ1) is 7.96. The zero-order valence-corrected chi connectivity index (χ0v) is 7.78. The maximum atomic E-state index is 6.08. The van der Waals surface area contributed by atoms with E-state index in [0.717, 1.165) is 21.5 Å². The normalized spacial score (nSPS) is 10.8. The number of alkyl halides is 1. The minimum absolute atomic E-state index is 0.458. The highest BCUT2D eigenvalue weighted by molar-refractivity contribution is 6.36. The zero-order valence-electron chi connectivity index (χ0n) is 6.27. The highest BCUT2D eigenvalue weighted by Gasteiger charge is 2.04. The van der Waals surface area contributed by atoms with E-state index in [2.05, 4.69) is 4.98 Å². The topological polar surface area (TPSA) is 15.8 Å². The lowest BCUT2D eigenvalue weighted by Gasteiger charge is -1.99. The first-order valence-electron chi connectivity index (χ1n) is 3.63. The Morgan fingerprint density at radius 1 is 1.25 bits per heavy atom. The van der Waals surface area contributed by atoms with Gasteiger partial charge in [0, 0.05) is 23.0 Å². The van der Waals surface area contributed by atoms with E-state index >= 15 is 0 Å². The molecule has 0 saturated carbocycles. The largest absolute Gasteiger partial charge is 0.361 e. The van der Waals surface area contributed by atoms with Crippen LogP contribution in [0.1, 0.15) is 5.56 Å². The fourth-order valence-corrected chi connectivity index (χ4v) is 1.83. The Hall–Kier alpha value is -0.660. The van der Waals surface area contributed by atoms with Crippen LogP contribution in [0.25, 0.3) is 10.9 Å². The van der Waals surface area contributed by atoms with Gasteiger partial charge in [0.05, 0.1) is 5.02 Å². The molecule has 0 aliphatic rings. The Bertz CT molecular complexity index is 406. The monoisotopic (exact) mass is 199 g/mol. The van der Waals surface area contributed by atoms with Gasteiger partial charge in [0.1, 0.15) is 0 Å². The van der Waals surface area contributed by atoms with Crippen LogP contribution < -0.4 is 0 Å². The predicted molar refractivity (Wildman–Crippen MR) is 52.9 cm³/mol. The second kappa shape index (κ2) is 3.00. The summed E-state index contributed by atoms with van der Waals surface area (Å²) in [5.41, 5.74) is 2.03. The Morgan fingerprint density at radius 3 is 2.83 bits per heavy atom. The number of aromatic amines is 1. The maximum Gasteiger partial charge on any atom is 0.0543 e. The van der Waals surface area contributed by atoms with Gasteiger partial charge in [0.15, 0.2) is 0 Å². The van der Waals surface area contributed by atoms with Crippen molar-refractivity contribution < 1.29 is 0 Å². The molecule has 1 N–H and O–H groups in total. The van der Waals surface area contributed by atoms with Gasteiger partial charge in [-0.05, 0) is 17.7 Å². The van der Waals surface area contributed by atoms with Crippen LogP contribution in [-0.4, -0.2) is 4.98 Å². The molecule has 0 aliphatic carbocycles. The molecule has 0 spiro atoms. The second-order valence-corrected chi connectivity index (χ2v) is 3.26. The third-order valence-electron chi connectivity index (χ3n) is 1.89. The van der Waals surface area contributed by atoms with Gasteiger partial charge in [-0.1, -0.05) is 17.7 Å². The Balaban J connectivity index is 2.78. The molecule has 12 heavy (non-hydrogen) atoms.